The van der Waals surface area contributed by atoms with Crippen LogP contribution in [0.25, 0.3) is 10.9 Å². The van der Waals surface area contributed by atoms with E-state index < -0.39 is 0 Å². The molecule has 0 aliphatic heterocycles. The molecule has 0 spiro atoms. The van der Waals surface area contributed by atoms with Crippen molar-refractivity contribution >= 4 is 33.3 Å². The van der Waals surface area contributed by atoms with E-state index in [2.05, 4.69) is 10.3 Å². The van der Waals surface area contributed by atoms with Gasteiger partial charge in [-0.15, -0.1) is 11.3 Å². The number of thiazole rings is 1. The minimum atomic E-state index is -0.0681. The van der Waals surface area contributed by atoms with Crippen LogP contribution in [0.4, 0.5) is 5.13 Å². The predicted molar refractivity (Wildman–Crippen MR) is 119 cm³/mol. The molecule has 7 heteroatoms. The van der Waals surface area contributed by atoms with Crippen molar-refractivity contribution in [2.45, 2.75) is 70.3 Å². The number of nitrogens with one attached hydrogen (secondary N) is 1. The summed E-state index contributed by atoms with van der Waals surface area (Å²) in [5.74, 6) is 0.643. The Morgan fingerprint density at radius 3 is 2.73 bits per heavy atom. The maximum absolute atomic E-state index is 12.9. The highest BCUT2D eigenvalue weighted by Gasteiger charge is 2.28. The van der Waals surface area contributed by atoms with Crippen LogP contribution in [0, 0.1) is 0 Å². The summed E-state index contributed by atoms with van der Waals surface area (Å²) in [6.07, 6.45) is 9.75. The molecular formula is C23H26N4O2S. The number of hydrogen-bond donors (Lipinski definition) is 1. The van der Waals surface area contributed by atoms with Crippen molar-refractivity contribution in [2.75, 3.05) is 5.32 Å². The van der Waals surface area contributed by atoms with Gasteiger partial charge in [-0.1, -0.05) is 25.0 Å². The number of aryl methyl sites for hydroxylation is 3. The first-order chi connectivity index (χ1) is 14.7. The Labute approximate surface area is 179 Å². The number of aromatic nitrogens is 3. The van der Waals surface area contributed by atoms with Crippen LogP contribution in [-0.2, 0) is 24.1 Å². The van der Waals surface area contributed by atoms with Gasteiger partial charge in [0.05, 0.1) is 16.6 Å². The van der Waals surface area contributed by atoms with Gasteiger partial charge in [0.25, 0.3) is 5.56 Å². The zero-order valence-electron chi connectivity index (χ0n) is 17.0. The van der Waals surface area contributed by atoms with Crippen molar-refractivity contribution in [3.05, 3.63) is 51.0 Å². The van der Waals surface area contributed by atoms with Crippen molar-refractivity contribution in [2.24, 2.45) is 0 Å². The third-order valence-electron chi connectivity index (χ3n) is 5.96. The van der Waals surface area contributed by atoms with Crippen LogP contribution < -0.4 is 10.9 Å². The Hall–Kier alpha value is -2.54. The van der Waals surface area contributed by atoms with Crippen molar-refractivity contribution < 1.29 is 4.79 Å². The van der Waals surface area contributed by atoms with Crippen LogP contribution in [0.1, 0.15) is 67.4 Å². The molecule has 2 aromatic heterocycles. The number of hydrogen-bond acceptors (Lipinski definition) is 5. The lowest BCUT2D eigenvalue weighted by atomic mass is 10.0. The first-order valence-electron chi connectivity index (χ1n) is 11.0. The van der Waals surface area contributed by atoms with E-state index in [1.165, 1.54) is 30.6 Å². The predicted octanol–water partition coefficient (Wildman–Crippen LogP) is 4.42. The molecule has 0 radical (unpaired) electrons. The van der Waals surface area contributed by atoms with Gasteiger partial charge in [-0.2, -0.15) is 0 Å². The van der Waals surface area contributed by atoms with E-state index in [1.54, 1.807) is 11.3 Å². The largest absolute Gasteiger partial charge is 0.302 e. The molecule has 156 valence electrons. The maximum atomic E-state index is 12.9. The summed E-state index contributed by atoms with van der Waals surface area (Å²) < 4.78 is 1.81. The van der Waals surface area contributed by atoms with Crippen molar-refractivity contribution in [3.63, 3.8) is 0 Å². The quantitative estimate of drug-likeness (QED) is 0.660. The van der Waals surface area contributed by atoms with Crippen molar-refractivity contribution in [3.8, 4) is 0 Å². The SMILES string of the molecule is O=C(CCc1nc2ccccc2c(=O)n1C1CC1)Nc1nc2c(s1)CCCCCC2. The van der Waals surface area contributed by atoms with Crippen LogP contribution in [0.15, 0.2) is 29.1 Å². The Morgan fingerprint density at radius 1 is 1.10 bits per heavy atom. The average molecular weight is 423 g/mol. The molecule has 2 aliphatic carbocycles. The van der Waals surface area contributed by atoms with E-state index in [4.69, 9.17) is 4.98 Å². The molecule has 1 saturated carbocycles. The summed E-state index contributed by atoms with van der Waals surface area (Å²) in [5.41, 5.74) is 1.88. The Bertz CT molecular complexity index is 1120. The van der Waals surface area contributed by atoms with E-state index in [-0.39, 0.29) is 17.5 Å². The van der Waals surface area contributed by atoms with Gasteiger partial charge < -0.3 is 5.32 Å². The summed E-state index contributed by atoms with van der Waals surface area (Å²) in [4.78, 5) is 36.3. The van der Waals surface area contributed by atoms with Gasteiger partial charge in [0.15, 0.2) is 5.13 Å². The monoisotopic (exact) mass is 422 g/mol. The lowest BCUT2D eigenvalue weighted by Crippen LogP contribution is -2.25. The lowest BCUT2D eigenvalue weighted by Gasteiger charge is -2.12. The Morgan fingerprint density at radius 2 is 1.90 bits per heavy atom. The number of anilines is 1. The van der Waals surface area contributed by atoms with E-state index in [1.807, 2.05) is 28.8 Å². The molecular weight excluding hydrogens is 396 g/mol. The first kappa shape index (κ1) is 19.4. The highest BCUT2D eigenvalue weighted by atomic mass is 32.1. The second kappa shape index (κ2) is 8.30. The highest BCUT2D eigenvalue weighted by molar-refractivity contribution is 7.15. The number of carbonyl (C=O) groups is 1. The number of para-hydroxylation sites is 1. The van der Waals surface area contributed by atoms with Crippen LogP contribution >= 0.6 is 11.3 Å². The molecule has 0 bridgehead atoms. The third-order valence-corrected chi connectivity index (χ3v) is 7.03. The van der Waals surface area contributed by atoms with Gasteiger partial charge in [-0.05, 0) is 50.7 Å². The van der Waals surface area contributed by atoms with Crippen molar-refractivity contribution in [1.29, 1.82) is 0 Å². The van der Waals surface area contributed by atoms with Gasteiger partial charge in [-0.25, -0.2) is 9.97 Å². The summed E-state index contributed by atoms with van der Waals surface area (Å²) >= 11 is 1.62. The average Bonchev–Trinajstić information content (AvgIpc) is 3.49. The van der Waals surface area contributed by atoms with Gasteiger partial charge in [0.1, 0.15) is 5.82 Å². The van der Waals surface area contributed by atoms with Gasteiger partial charge in [0.2, 0.25) is 5.91 Å². The number of rotatable bonds is 5. The first-order valence-corrected chi connectivity index (χ1v) is 11.8. The maximum Gasteiger partial charge on any atom is 0.261 e. The fourth-order valence-corrected chi connectivity index (χ4v) is 5.31. The van der Waals surface area contributed by atoms with Gasteiger partial charge in [-0.3, -0.25) is 14.2 Å². The fourth-order valence-electron chi connectivity index (χ4n) is 4.24. The molecule has 0 saturated heterocycles. The second-order valence-electron chi connectivity index (χ2n) is 8.30. The third kappa shape index (κ3) is 4.03. The normalized spacial score (nSPS) is 16.7. The number of amides is 1. The zero-order chi connectivity index (χ0) is 20.5. The Kier molecular flexibility index (Phi) is 5.37. The van der Waals surface area contributed by atoms with E-state index >= 15 is 0 Å². The molecule has 0 atom stereocenters. The molecule has 1 amide bonds. The summed E-state index contributed by atoms with van der Waals surface area (Å²) in [7, 11) is 0. The number of carbonyl (C=O) groups excluding carboxylic acids is 1. The zero-order valence-corrected chi connectivity index (χ0v) is 17.8. The van der Waals surface area contributed by atoms with Crippen LogP contribution in [-0.4, -0.2) is 20.4 Å². The summed E-state index contributed by atoms with van der Waals surface area (Å²) in [6, 6.07) is 7.68. The van der Waals surface area contributed by atoms with Crippen molar-refractivity contribution in [1.82, 2.24) is 14.5 Å². The van der Waals surface area contributed by atoms with Crippen LogP contribution in [0.5, 0.6) is 0 Å². The minimum absolute atomic E-state index is 0.0123. The molecule has 2 heterocycles. The molecule has 3 aromatic rings. The second-order valence-corrected chi connectivity index (χ2v) is 9.39. The standard InChI is InChI=1S/C23H26N4O2S/c28-21(26-23-25-18-9-3-1-2-4-10-19(18)30-23)14-13-20-24-17-8-6-5-7-16(17)22(29)27(20)15-11-12-15/h5-8,15H,1-4,9-14H2,(H,25,26,28). The number of nitrogens with zero attached hydrogens (tertiary/aromatic N) is 3. The smallest absolute Gasteiger partial charge is 0.261 e. The van der Waals surface area contributed by atoms with Gasteiger partial charge in [0, 0.05) is 23.8 Å². The highest BCUT2D eigenvalue weighted by Crippen LogP contribution is 2.35. The molecule has 1 aromatic carbocycles. The topological polar surface area (TPSA) is 76.9 Å². The lowest BCUT2D eigenvalue weighted by molar-refractivity contribution is -0.116. The summed E-state index contributed by atoms with van der Waals surface area (Å²) in [5, 5.41) is 4.34. The molecule has 1 N–H and O–H groups in total. The minimum Gasteiger partial charge on any atom is -0.302 e. The fraction of sp³-hybridized carbons (Fsp3) is 0.478. The molecule has 30 heavy (non-hydrogen) atoms. The number of benzene rings is 1. The Balaban J connectivity index is 1.31. The van der Waals surface area contributed by atoms with E-state index in [0.29, 0.717) is 34.7 Å². The molecule has 0 unspecified atom stereocenters. The van der Waals surface area contributed by atoms with Gasteiger partial charge >= 0.3 is 0 Å². The van der Waals surface area contributed by atoms with E-state index in [9.17, 15) is 9.59 Å². The van der Waals surface area contributed by atoms with Crippen LogP contribution in [0.3, 0.4) is 0 Å². The molecule has 1 fully saturated rings. The molecule has 5 rings (SSSR count). The van der Waals surface area contributed by atoms with E-state index in [0.717, 1.165) is 31.4 Å². The van der Waals surface area contributed by atoms with Crippen LogP contribution in [0.2, 0.25) is 0 Å². The molecule has 2 aliphatic rings. The molecule has 6 nitrogen and oxygen atoms in total. The number of fused-ring (bicyclic) bond motifs is 2. The summed E-state index contributed by atoms with van der Waals surface area (Å²) in [6.45, 7) is 0.